The van der Waals surface area contributed by atoms with Gasteiger partial charge in [0.15, 0.2) is 11.4 Å². The summed E-state index contributed by atoms with van der Waals surface area (Å²) in [6.45, 7) is 16.1. The highest BCUT2D eigenvalue weighted by molar-refractivity contribution is 6.06. The van der Waals surface area contributed by atoms with Crippen LogP contribution in [0.5, 0.6) is 0 Å². The lowest BCUT2D eigenvalue weighted by atomic mass is 9.72. The number of fused-ring (bicyclic) bond motifs is 2. The maximum absolute atomic E-state index is 2.57. The summed E-state index contributed by atoms with van der Waals surface area (Å²) < 4.78 is 5.14. The minimum Gasteiger partial charge on any atom is -0.378 e. The number of anilines is 2. The summed E-state index contributed by atoms with van der Waals surface area (Å²) in [5.74, 6) is 0. The van der Waals surface area contributed by atoms with E-state index in [0.717, 1.165) is 51.6 Å². The average molecular weight is 721 g/mol. The fourth-order valence-corrected chi connectivity index (χ4v) is 8.92. The van der Waals surface area contributed by atoms with Crippen LogP contribution in [0.15, 0.2) is 97.1 Å². The first-order valence-corrected chi connectivity index (χ1v) is 20.4. The molecule has 0 spiro atoms. The van der Waals surface area contributed by atoms with Crippen molar-refractivity contribution in [1.29, 1.82) is 0 Å². The van der Waals surface area contributed by atoms with Gasteiger partial charge in [0, 0.05) is 75.0 Å². The molecule has 4 nitrogen and oxygen atoms in total. The largest absolute Gasteiger partial charge is 0.378 e. The van der Waals surface area contributed by atoms with E-state index in [9.17, 15) is 0 Å². The average Bonchev–Trinajstić information content (AvgIpc) is 3.57. The van der Waals surface area contributed by atoms with Crippen molar-refractivity contribution < 1.29 is 9.15 Å². The van der Waals surface area contributed by atoms with Crippen LogP contribution in [-0.4, -0.2) is 61.9 Å². The van der Waals surface area contributed by atoms with Gasteiger partial charge in [-0.25, -0.2) is 0 Å². The van der Waals surface area contributed by atoms with E-state index < -0.39 is 0 Å². The lowest BCUT2D eigenvalue weighted by Crippen LogP contribution is -2.33. The summed E-state index contributed by atoms with van der Waals surface area (Å²) in [7, 11) is 8.39. The highest BCUT2D eigenvalue weighted by Gasteiger charge is 2.49. The molecule has 2 aliphatic rings. The van der Waals surface area contributed by atoms with Crippen LogP contribution in [-0.2, 0) is 23.7 Å². The predicted octanol–water partition coefficient (Wildman–Crippen LogP) is 11.4. The third-order valence-corrected chi connectivity index (χ3v) is 12.3. The van der Waals surface area contributed by atoms with Gasteiger partial charge in [-0.05, 0) is 124 Å². The molecule has 2 heterocycles. The van der Waals surface area contributed by atoms with Crippen LogP contribution >= 0.6 is 0 Å². The fourth-order valence-electron chi connectivity index (χ4n) is 8.92. The first kappa shape index (κ1) is 39.0. The van der Waals surface area contributed by atoms with Gasteiger partial charge in [-0.15, -0.1) is 0 Å². The van der Waals surface area contributed by atoms with E-state index >= 15 is 0 Å². The molecule has 54 heavy (non-hydrogen) atoms. The number of hydrogen-bond acceptors (Lipinski definition) is 2. The molecule has 0 fully saturated rings. The second kappa shape index (κ2) is 16.3. The molecule has 4 aromatic carbocycles. The zero-order valence-corrected chi connectivity index (χ0v) is 34.8. The lowest BCUT2D eigenvalue weighted by Gasteiger charge is -2.26. The fraction of sp³-hybridized carbons (Fsp3) is 0.400. The summed E-state index contributed by atoms with van der Waals surface area (Å²) in [6.07, 6.45) is 16.1. The topological polar surface area (TPSA) is 12.5 Å². The standard InChI is InChI=1S/C50H64N4/c1-11-37-21-29-45-43(35-37)49(5,47(53(45)13-3)31-23-39-17-25-41(26-18-39)51(7)8)33-15-16-34-50(6)44-36-38(12-2)22-30-46(44)54(14-4)48(50)32-24-40-19-27-42(28-20-40)52(9)10/h17-32,35-36H,11-16,33-34H2,1-10H3/q+2. The van der Waals surface area contributed by atoms with Crippen molar-refractivity contribution in [2.75, 3.05) is 51.1 Å². The monoisotopic (exact) mass is 721 g/mol. The maximum Gasteiger partial charge on any atom is 0.209 e. The number of nitrogens with zero attached hydrogens (tertiary/aromatic N) is 4. The highest BCUT2D eigenvalue weighted by Crippen LogP contribution is 2.47. The van der Waals surface area contributed by atoms with Gasteiger partial charge >= 0.3 is 0 Å². The number of rotatable bonds is 15. The smallest absolute Gasteiger partial charge is 0.209 e. The van der Waals surface area contributed by atoms with Crippen molar-refractivity contribution >= 4 is 46.3 Å². The van der Waals surface area contributed by atoms with E-state index in [2.05, 4.69) is 198 Å². The molecule has 0 amide bonds. The van der Waals surface area contributed by atoms with Crippen molar-refractivity contribution in [1.82, 2.24) is 0 Å². The molecule has 0 aliphatic carbocycles. The van der Waals surface area contributed by atoms with Crippen LogP contribution in [0.4, 0.5) is 22.7 Å². The summed E-state index contributed by atoms with van der Waals surface area (Å²) in [5.41, 5.74) is 16.2. The number of benzene rings is 4. The first-order valence-electron chi connectivity index (χ1n) is 20.4. The van der Waals surface area contributed by atoms with E-state index in [-0.39, 0.29) is 10.8 Å². The molecule has 4 heteroatoms. The maximum atomic E-state index is 2.57. The molecular weight excluding hydrogens is 657 g/mol. The van der Waals surface area contributed by atoms with E-state index in [1.54, 1.807) is 0 Å². The summed E-state index contributed by atoms with van der Waals surface area (Å²) in [4.78, 5) is 4.32. The highest BCUT2D eigenvalue weighted by atomic mass is 15.1. The van der Waals surface area contributed by atoms with Gasteiger partial charge in [0.1, 0.15) is 13.1 Å². The molecule has 0 N–H and O–H groups in total. The summed E-state index contributed by atoms with van der Waals surface area (Å²) in [6, 6.07) is 32.2. The van der Waals surface area contributed by atoms with Crippen LogP contribution in [0.3, 0.4) is 0 Å². The first-order chi connectivity index (χ1) is 26.0. The van der Waals surface area contributed by atoms with Gasteiger partial charge in [-0.2, -0.15) is 9.15 Å². The SMILES string of the molecule is CCc1ccc2c(c1)C(C)(CCCCC1(C)C(C=Cc3ccc(N(C)C)cc3)=[N+](CC)c3ccc(CC)cc31)C(C=Cc1ccc(N(C)C)cc1)=[N+]2CC. The number of aryl methyl sites for hydroxylation is 2. The molecule has 4 aromatic rings. The van der Waals surface area contributed by atoms with Gasteiger partial charge in [0.2, 0.25) is 11.4 Å². The summed E-state index contributed by atoms with van der Waals surface area (Å²) >= 11 is 0. The second-order valence-electron chi connectivity index (χ2n) is 16.2. The summed E-state index contributed by atoms with van der Waals surface area (Å²) in [5, 5.41) is 0. The van der Waals surface area contributed by atoms with Gasteiger partial charge < -0.3 is 9.80 Å². The minimum atomic E-state index is -0.0684. The zero-order chi connectivity index (χ0) is 38.6. The van der Waals surface area contributed by atoms with Crippen molar-refractivity contribution in [3.63, 3.8) is 0 Å². The van der Waals surface area contributed by atoms with Crippen LogP contribution in [0, 0.1) is 0 Å². The van der Waals surface area contributed by atoms with Crippen LogP contribution in [0.25, 0.3) is 12.2 Å². The Kier molecular flexibility index (Phi) is 11.8. The van der Waals surface area contributed by atoms with Crippen LogP contribution in [0.1, 0.15) is 101 Å². The predicted molar refractivity (Wildman–Crippen MR) is 235 cm³/mol. The van der Waals surface area contributed by atoms with Crippen molar-refractivity contribution in [3.8, 4) is 0 Å². The zero-order valence-electron chi connectivity index (χ0n) is 34.8. The Labute approximate surface area is 326 Å². The van der Waals surface area contributed by atoms with Crippen molar-refractivity contribution in [2.24, 2.45) is 0 Å². The number of unbranched alkanes of at least 4 members (excludes halogenated alkanes) is 1. The van der Waals surface area contributed by atoms with E-state index in [1.165, 1.54) is 67.6 Å². The Morgan fingerprint density at radius 2 is 0.870 bits per heavy atom. The molecule has 2 atom stereocenters. The quantitative estimate of drug-likeness (QED) is 0.0895. The Hall–Kier alpha value is -4.70. The lowest BCUT2D eigenvalue weighted by molar-refractivity contribution is -0.433. The minimum absolute atomic E-state index is 0.0684. The van der Waals surface area contributed by atoms with Crippen LogP contribution < -0.4 is 9.80 Å². The molecule has 0 radical (unpaired) electrons. The molecule has 0 aromatic heterocycles. The van der Waals surface area contributed by atoms with Gasteiger partial charge in [-0.3, -0.25) is 0 Å². The van der Waals surface area contributed by atoms with Gasteiger partial charge in [0.05, 0.1) is 10.8 Å². The van der Waals surface area contributed by atoms with Crippen LogP contribution in [0.2, 0.25) is 0 Å². The third kappa shape index (κ3) is 7.50. The number of allylic oxidation sites excluding steroid dienone is 2. The molecular formula is C50H64N4+2. The normalized spacial score (nSPS) is 19.4. The third-order valence-electron chi connectivity index (χ3n) is 12.3. The van der Waals surface area contributed by atoms with Crippen molar-refractivity contribution in [3.05, 3.63) is 130 Å². The van der Waals surface area contributed by atoms with E-state index in [4.69, 9.17) is 0 Å². The Morgan fingerprint density at radius 1 is 0.500 bits per heavy atom. The number of hydrogen-bond donors (Lipinski definition) is 0. The molecule has 6 rings (SSSR count). The van der Waals surface area contributed by atoms with E-state index in [1.807, 2.05) is 0 Å². The molecule has 2 aliphatic heterocycles. The second-order valence-corrected chi connectivity index (χ2v) is 16.2. The Bertz CT molecular complexity index is 1930. The van der Waals surface area contributed by atoms with E-state index in [0.29, 0.717) is 0 Å². The molecule has 0 saturated carbocycles. The molecule has 0 saturated heterocycles. The van der Waals surface area contributed by atoms with Crippen molar-refractivity contribution in [2.45, 2.75) is 90.9 Å². The molecule has 282 valence electrons. The molecule has 0 bridgehead atoms. The Morgan fingerprint density at radius 3 is 1.19 bits per heavy atom. The van der Waals surface area contributed by atoms with Gasteiger partial charge in [-0.1, -0.05) is 63.1 Å². The van der Waals surface area contributed by atoms with Gasteiger partial charge in [0.25, 0.3) is 0 Å². The Balaban J connectivity index is 1.30. The molecule has 2 unspecified atom stereocenters.